The van der Waals surface area contributed by atoms with Crippen LogP contribution in [0.4, 0.5) is 5.82 Å². The molecule has 2 saturated heterocycles. The predicted octanol–water partition coefficient (Wildman–Crippen LogP) is 3.13. The average Bonchev–Trinajstić information content (AvgIpc) is 3.33. The molecule has 1 saturated carbocycles. The van der Waals surface area contributed by atoms with Crippen LogP contribution in [0.1, 0.15) is 93.8 Å². The summed E-state index contributed by atoms with van der Waals surface area (Å²) in [5, 5.41) is 9.91. The second-order valence-electron chi connectivity index (χ2n) is 12.0. The zero-order chi connectivity index (χ0) is 29.7. The minimum Gasteiger partial charge on any atom is -0.459 e. The van der Waals surface area contributed by atoms with Crippen molar-refractivity contribution in [1.82, 2.24) is 14.6 Å². The van der Waals surface area contributed by atoms with Crippen molar-refractivity contribution >= 4 is 33.6 Å². The summed E-state index contributed by atoms with van der Waals surface area (Å²) in [6.45, 7) is 7.12. The molecule has 3 heterocycles. The summed E-state index contributed by atoms with van der Waals surface area (Å²) in [7, 11) is -3.71. The summed E-state index contributed by atoms with van der Waals surface area (Å²) in [6, 6.07) is 3.60. The summed E-state index contributed by atoms with van der Waals surface area (Å²) in [4.78, 5) is 46.3. The van der Waals surface area contributed by atoms with Crippen LogP contribution in [-0.4, -0.2) is 67.6 Å². The Morgan fingerprint density at radius 1 is 1.15 bits per heavy atom. The number of nitrogens with zero attached hydrogens (tertiary/aromatic N) is 4. The normalized spacial score (nSPS) is 22.1. The molecule has 1 aromatic rings. The van der Waals surface area contributed by atoms with E-state index >= 15 is 0 Å². The lowest BCUT2D eigenvalue weighted by atomic mass is 9.84. The quantitative estimate of drug-likeness (QED) is 0.430. The number of carbonyl (C=O) groups excluding carboxylic acids is 3. The van der Waals surface area contributed by atoms with Crippen LogP contribution in [0.3, 0.4) is 0 Å². The van der Waals surface area contributed by atoms with Crippen LogP contribution in [0, 0.1) is 29.1 Å². The largest absolute Gasteiger partial charge is 0.459 e. The summed E-state index contributed by atoms with van der Waals surface area (Å²) in [5.74, 6) is -0.505. The molecule has 1 aromatic heterocycles. The Morgan fingerprint density at radius 3 is 2.41 bits per heavy atom. The van der Waals surface area contributed by atoms with Gasteiger partial charge in [-0.15, -0.1) is 0 Å². The van der Waals surface area contributed by atoms with Gasteiger partial charge in [-0.1, -0.05) is 19.8 Å². The highest BCUT2D eigenvalue weighted by atomic mass is 32.2. The van der Waals surface area contributed by atoms with Gasteiger partial charge in [-0.3, -0.25) is 14.3 Å². The number of anilines is 1. The lowest BCUT2D eigenvalue weighted by molar-refractivity contribution is -0.128. The molecule has 12 heteroatoms. The van der Waals surface area contributed by atoms with Gasteiger partial charge in [-0.05, 0) is 63.9 Å². The minimum atomic E-state index is -3.71. The van der Waals surface area contributed by atoms with Crippen molar-refractivity contribution in [2.24, 2.45) is 17.8 Å². The third-order valence-corrected chi connectivity index (χ3v) is 9.71. The molecule has 0 spiro atoms. The third kappa shape index (κ3) is 7.97. The van der Waals surface area contributed by atoms with Gasteiger partial charge in [-0.25, -0.2) is 18.2 Å². The van der Waals surface area contributed by atoms with Crippen molar-refractivity contribution in [1.29, 1.82) is 5.26 Å². The molecule has 2 amide bonds. The maximum absolute atomic E-state index is 12.9. The monoisotopic (exact) mass is 587 g/mol. The van der Waals surface area contributed by atoms with Gasteiger partial charge in [0.25, 0.3) is 0 Å². The molecule has 2 aliphatic heterocycles. The summed E-state index contributed by atoms with van der Waals surface area (Å²) < 4.78 is 33.1. The molecule has 0 radical (unpaired) electrons. The van der Waals surface area contributed by atoms with Gasteiger partial charge >= 0.3 is 5.97 Å². The van der Waals surface area contributed by atoms with Gasteiger partial charge in [0.15, 0.2) is 0 Å². The number of aromatic nitrogens is 1. The van der Waals surface area contributed by atoms with Crippen LogP contribution in [0.2, 0.25) is 0 Å². The topological polar surface area (TPSA) is 150 Å². The lowest BCUT2D eigenvalue weighted by Gasteiger charge is -2.33. The number of hydrogen-bond acceptors (Lipinski definition) is 9. The average molecular weight is 588 g/mol. The molecule has 0 bridgehead atoms. The number of nitriles is 1. The number of rotatable bonds is 9. The number of sulfonamides is 1. The van der Waals surface area contributed by atoms with E-state index in [1.807, 2.05) is 4.90 Å². The number of nitrogens with one attached hydrogen (secondary N) is 1. The number of hydrogen-bond donors (Lipinski definition) is 1. The first kappa shape index (κ1) is 30.8. The van der Waals surface area contributed by atoms with Gasteiger partial charge in [0.2, 0.25) is 21.8 Å². The Balaban J connectivity index is 1.45. The Morgan fingerprint density at radius 2 is 1.83 bits per heavy atom. The molecule has 1 aliphatic carbocycles. The van der Waals surface area contributed by atoms with E-state index in [0.717, 1.165) is 32.1 Å². The zero-order valence-electron chi connectivity index (χ0n) is 24.2. The van der Waals surface area contributed by atoms with E-state index in [-0.39, 0.29) is 41.4 Å². The van der Waals surface area contributed by atoms with Crippen LogP contribution in [0.5, 0.6) is 0 Å². The highest BCUT2D eigenvalue weighted by molar-refractivity contribution is 7.90. The Labute approximate surface area is 242 Å². The van der Waals surface area contributed by atoms with Crippen molar-refractivity contribution in [3.63, 3.8) is 0 Å². The van der Waals surface area contributed by atoms with Gasteiger partial charge in [0, 0.05) is 32.0 Å². The van der Waals surface area contributed by atoms with Crippen molar-refractivity contribution in [3.8, 4) is 6.07 Å². The van der Waals surface area contributed by atoms with Crippen LogP contribution < -0.4 is 9.62 Å². The molecule has 11 nitrogen and oxygen atoms in total. The second-order valence-corrected chi connectivity index (χ2v) is 13.7. The van der Waals surface area contributed by atoms with Gasteiger partial charge in [0.05, 0.1) is 35.2 Å². The molecule has 0 unspecified atom stereocenters. The summed E-state index contributed by atoms with van der Waals surface area (Å²) in [6.07, 6.45) is 5.36. The standard InChI is InChI=1S/C29H41N5O6S/c1-19(2)40-29(37)24-15-23(16-30)27(31-25(24)17-34-12-4-5-26(34)35)33-13-10-22(11-14-33)28(36)32-41(38,39)18-21-8-6-20(3)7-9-21/h15,19-22H,4-14,17-18H2,1-3H3,(H,32,36). The van der Waals surface area contributed by atoms with E-state index < -0.39 is 27.8 Å². The zero-order valence-corrected chi connectivity index (χ0v) is 25.0. The molecule has 41 heavy (non-hydrogen) atoms. The number of ether oxygens (including phenoxy) is 1. The molecule has 4 rings (SSSR count). The minimum absolute atomic E-state index is 0.0132. The molecular weight excluding hydrogens is 546 g/mol. The highest BCUT2D eigenvalue weighted by Gasteiger charge is 2.32. The van der Waals surface area contributed by atoms with Crippen molar-refractivity contribution < 1.29 is 27.5 Å². The fraction of sp³-hybridized carbons (Fsp3) is 0.690. The molecule has 0 aromatic carbocycles. The number of carbonyl (C=O) groups is 3. The Kier molecular flexibility index (Phi) is 9.89. The molecule has 0 atom stereocenters. The van der Waals surface area contributed by atoms with Gasteiger partial charge < -0.3 is 14.5 Å². The summed E-state index contributed by atoms with van der Waals surface area (Å²) >= 11 is 0. The van der Waals surface area contributed by atoms with Crippen molar-refractivity contribution in [2.75, 3.05) is 30.3 Å². The molecule has 1 N–H and O–H groups in total. The fourth-order valence-electron chi connectivity index (χ4n) is 5.93. The number of piperidine rings is 1. The highest BCUT2D eigenvalue weighted by Crippen LogP contribution is 2.30. The van der Waals surface area contributed by atoms with Crippen LogP contribution in [-0.2, 0) is 30.9 Å². The van der Waals surface area contributed by atoms with Gasteiger partial charge in [0.1, 0.15) is 11.9 Å². The second kappa shape index (κ2) is 13.2. The van der Waals surface area contributed by atoms with E-state index in [1.165, 1.54) is 6.07 Å². The lowest BCUT2D eigenvalue weighted by Crippen LogP contribution is -2.44. The first-order valence-corrected chi connectivity index (χ1v) is 16.3. The first-order valence-electron chi connectivity index (χ1n) is 14.7. The van der Waals surface area contributed by atoms with Crippen molar-refractivity contribution in [3.05, 3.63) is 22.9 Å². The van der Waals surface area contributed by atoms with Crippen LogP contribution >= 0.6 is 0 Å². The number of pyridine rings is 1. The Bertz CT molecular complexity index is 1290. The molecule has 3 aliphatic rings. The van der Waals surface area contributed by atoms with E-state index in [1.54, 1.807) is 18.7 Å². The van der Waals surface area contributed by atoms with E-state index in [9.17, 15) is 28.1 Å². The number of amides is 2. The predicted molar refractivity (Wildman–Crippen MR) is 152 cm³/mol. The first-order chi connectivity index (χ1) is 19.5. The molecular formula is C29H41N5O6S. The third-order valence-electron chi connectivity index (χ3n) is 8.29. The number of esters is 1. The van der Waals surface area contributed by atoms with Crippen LogP contribution in [0.25, 0.3) is 0 Å². The van der Waals surface area contributed by atoms with Crippen molar-refractivity contribution in [2.45, 2.75) is 84.8 Å². The Hall–Kier alpha value is -3.20. The van der Waals surface area contributed by atoms with Gasteiger partial charge in [-0.2, -0.15) is 5.26 Å². The van der Waals surface area contributed by atoms with Crippen LogP contribution in [0.15, 0.2) is 6.07 Å². The molecule has 224 valence electrons. The van der Waals surface area contributed by atoms with E-state index in [2.05, 4.69) is 17.7 Å². The summed E-state index contributed by atoms with van der Waals surface area (Å²) in [5.41, 5.74) is 0.720. The van der Waals surface area contributed by atoms with E-state index in [4.69, 9.17) is 9.72 Å². The SMILES string of the molecule is CC1CCC(CS(=O)(=O)NC(=O)C2CCN(c3nc(CN4CCCC4=O)c(C(=O)OC(C)C)cc3C#N)CC2)CC1. The maximum Gasteiger partial charge on any atom is 0.340 e. The van der Waals surface area contributed by atoms with E-state index in [0.29, 0.717) is 56.3 Å². The molecule has 3 fully saturated rings. The number of likely N-dealkylation sites (tertiary alicyclic amines) is 1. The smallest absolute Gasteiger partial charge is 0.340 e. The maximum atomic E-state index is 12.9. The fourth-order valence-corrected chi connectivity index (χ4v) is 7.44.